The molecule has 0 N–H and O–H groups in total. The average molecular weight is 402 g/mol. The van der Waals surface area contributed by atoms with Gasteiger partial charge in [-0.25, -0.2) is 4.98 Å². The highest BCUT2D eigenvalue weighted by Gasteiger charge is 2.15. The Morgan fingerprint density at radius 3 is 2.93 bits per heavy atom. The molecule has 3 heterocycles. The van der Waals surface area contributed by atoms with Crippen LogP contribution in [0.15, 0.2) is 50.3 Å². The normalized spacial score (nSPS) is 11.0. The van der Waals surface area contributed by atoms with Crippen LogP contribution in [0, 0.1) is 0 Å². The Hall–Kier alpha value is -2.85. The minimum absolute atomic E-state index is 0.106. The van der Waals surface area contributed by atoms with Crippen LogP contribution in [0.2, 0.25) is 0 Å². The van der Waals surface area contributed by atoms with Crippen molar-refractivity contribution < 1.29 is 13.9 Å². The van der Waals surface area contributed by atoms with Crippen molar-refractivity contribution in [2.45, 2.75) is 11.0 Å². The lowest BCUT2D eigenvalue weighted by Gasteiger charge is -2.07. The zero-order valence-corrected chi connectivity index (χ0v) is 16.0. The predicted octanol–water partition coefficient (Wildman–Crippen LogP) is 3.12. The van der Waals surface area contributed by atoms with Crippen LogP contribution in [0.1, 0.15) is 5.69 Å². The van der Waals surface area contributed by atoms with Gasteiger partial charge in [0.15, 0.2) is 4.96 Å². The molecule has 0 aliphatic heterocycles. The molecule has 0 spiro atoms. The monoisotopic (exact) mass is 402 g/mol. The van der Waals surface area contributed by atoms with Gasteiger partial charge in [-0.05, 0) is 12.1 Å². The van der Waals surface area contributed by atoms with E-state index in [9.17, 15) is 4.79 Å². The number of methoxy groups -OCH3 is 2. The van der Waals surface area contributed by atoms with Crippen molar-refractivity contribution in [1.29, 1.82) is 0 Å². The number of rotatable bonds is 6. The number of hydrogen-bond donors (Lipinski definition) is 0. The summed E-state index contributed by atoms with van der Waals surface area (Å²) in [5.74, 6) is 2.04. The molecule has 0 fully saturated rings. The maximum Gasteiger partial charge on any atom is 0.277 e. The lowest BCUT2D eigenvalue weighted by molar-refractivity contribution is 0.393. The number of ether oxygens (including phenoxy) is 2. The summed E-state index contributed by atoms with van der Waals surface area (Å²) in [5.41, 5.74) is 1.23. The van der Waals surface area contributed by atoms with Crippen molar-refractivity contribution in [2.24, 2.45) is 0 Å². The summed E-state index contributed by atoms with van der Waals surface area (Å²) >= 11 is 2.73. The van der Waals surface area contributed by atoms with E-state index in [2.05, 4.69) is 15.2 Å². The molecule has 4 rings (SSSR count). The molecule has 0 bridgehead atoms. The van der Waals surface area contributed by atoms with Gasteiger partial charge in [0.05, 0.1) is 25.5 Å². The quantitative estimate of drug-likeness (QED) is 0.454. The van der Waals surface area contributed by atoms with Gasteiger partial charge in [0, 0.05) is 29.5 Å². The topological polar surface area (TPSA) is 91.8 Å². The van der Waals surface area contributed by atoms with Crippen molar-refractivity contribution in [3.05, 3.63) is 51.9 Å². The van der Waals surface area contributed by atoms with E-state index in [1.807, 2.05) is 5.38 Å². The van der Waals surface area contributed by atoms with E-state index in [-0.39, 0.29) is 5.56 Å². The Kier molecular flexibility index (Phi) is 4.82. The fraction of sp³-hybridized carbons (Fsp3) is 0.176. The molecular formula is C17H14N4O4S2. The third-order valence-corrected chi connectivity index (χ3v) is 5.35. The van der Waals surface area contributed by atoms with Crippen LogP contribution >= 0.6 is 23.1 Å². The molecule has 0 amide bonds. The molecule has 8 nitrogen and oxygen atoms in total. The number of benzene rings is 1. The van der Waals surface area contributed by atoms with Gasteiger partial charge in [0.1, 0.15) is 11.5 Å². The van der Waals surface area contributed by atoms with Crippen LogP contribution < -0.4 is 15.0 Å². The minimum Gasteiger partial charge on any atom is -0.497 e. The number of aromatic nitrogens is 4. The Morgan fingerprint density at radius 1 is 1.22 bits per heavy atom. The second-order valence-corrected chi connectivity index (χ2v) is 7.17. The van der Waals surface area contributed by atoms with Crippen molar-refractivity contribution in [3.8, 4) is 23.0 Å². The summed E-state index contributed by atoms with van der Waals surface area (Å²) in [6, 6.07) is 6.85. The van der Waals surface area contributed by atoms with Gasteiger partial charge < -0.3 is 13.9 Å². The Labute approximate surface area is 161 Å². The van der Waals surface area contributed by atoms with Gasteiger partial charge in [-0.15, -0.1) is 21.5 Å². The Bertz CT molecular complexity index is 1150. The van der Waals surface area contributed by atoms with Gasteiger partial charge in [-0.2, -0.15) is 0 Å². The van der Waals surface area contributed by atoms with Gasteiger partial charge >= 0.3 is 0 Å². The molecule has 4 aromatic rings. The van der Waals surface area contributed by atoms with Crippen LogP contribution in [0.4, 0.5) is 0 Å². The zero-order valence-electron chi connectivity index (χ0n) is 14.4. The van der Waals surface area contributed by atoms with E-state index in [0.717, 1.165) is 0 Å². The fourth-order valence-electron chi connectivity index (χ4n) is 2.45. The van der Waals surface area contributed by atoms with E-state index in [1.165, 1.54) is 33.6 Å². The summed E-state index contributed by atoms with van der Waals surface area (Å²) in [6.07, 6.45) is 1.71. The summed E-state index contributed by atoms with van der Waals surface area (Å²) in [5, 5.41) is 10.3. The number of thiazole rings is 1. The maximum absolute atomic E-state index is 12.0. The minimum atomic E-state index is -0.106. The third kappa shape index (κ3) is 3.53. The lowest BCUT2D eigenvalue weighted by atomic mass is 10.2. The highest BCUT2D eigenvalue weighted by atomic mass is 32.2. The molecule has 0 saturated carbocycles. The van der Waals surface area contributed by atoms with E-state index in [4.69, 9.17) is 13.9 Å². The molecule has 10 heteroatoms. The molecule has 0 radical (unpaired) electrons. The SMILES string of the molecule is COc1ccc(-c2nnc(SCc3cc(=O)n4ccsc4n3)o2)c(OC)c1. The lowest BCUT2D eigenvalue weighted by Crippen LogP contribution is -2.12. The summed E-state index contributed by atoms with van der Waals surface area (Å²) in [4.78, 5) is 17.1. The van der Waals surface area contributed by atoms with E-state index < -0.39 is 0 Å². The molecule has 1 aromatic carbocycles. The highest BCUT2D eigenvalue weighted by Crippen LogP contribution is 2.34. The number of fused-ring (bicyclic) bond motifs is 1. The second-order valence-electron chi connectivity index (χ2n) is 5.37. The third-order valence-electron chi connectivity index (χ3n) is 3.75. The zero-order chi connectivity index (χ0) is 18.8. The molecule has 0 saturated heterocycles. The number of thioether (sulfide) groups is 1. The summed E-state index contributed by atoms with van der Waals surface area (Å²) < 4.78 is 17.8. The molecule has 0 atom stereocenters. The van der Waals surface area contributed by atoms with Crippen LogP contribution in [0.5, 0.6) is 11.5 Å². The Morgan fingerprint density at radius 2 is 2.11 bits per heavy atom. The standard InChI is InChI=1S/C17H14N4O4S2/c1-23-11-3-4-12(13(8-11)24-2)15-19-20-17(25-15)27-9-10-7-14(22)21-5-6-26-16(21)18-10/h3-8H,9H2,1-2H3. The molecule has 3 aromatic heterocycles. The van der Waals surface area contributed by atoms with Crippen molar-refractivity contribution in [2.75, 3.05) is 14.2 Å². The van der Waals surface area contributed by atoms with Crippen LogP contribution in [-0.4, -0.2) is 33.8 Å². The summed E-state index contributed by atoms with van der Waals surface area (Å²) in [6.45, 7) is 0. The van der Waals surface area contributed by atoms with E-state index in [0.29, 0.717) is 44.6 Å². The van der Waals surface area contributed by atoms with Crippen molar-refractivity contribution in [3.63, 3.8) is 0 Å². The van der Waals surface area contributed by atoms with Gasteiger partial charge in [0.25, 0.3) is 16.7 Å². The molecule has 138 valence electrons. The predicted molar refractivity (Wildman–Crippen MR) is 102 cm³/mol. The molecule has 0 aliphatic rings. The first-order chi connectivity index (χ1) is 13.2. The fourth-order valence-corrected chi connectivity index (χ4v) is 3.84. The van der Waals surface area contributed by atoms with Crippen molar-refractivity contribution >= 4 is 28.1 Å². The molecule has 0 aliphatic carbocycles. The van der Waals surface area contributed by atoms with Crippen LogP contribution in [-0.2, 0) is 5.75 Å². The van der Waals surface area contributed by atoms with Crippen molar-refractivity contribution in [1.82, 2.24) is 19.6 Å². The first-order valence-corrected chi connectivity index (χ1v) is 9.69. The van der Waals surface area contributed by atoms with E-state index in [1.54, 1.807) is 38.6 Å². The van der Waals surface area contributed by atoms with Gasteiger partial charge in [-0.3, -0.25) is 9.20 Å². The molecule has 0 unspecified atom stereocenters. The number of nitrogens with zero attached hydrogens (tertiary/aromatic N) is 4. The van der Waals surface area contributed by atoms with Crippen LogP contribution in [0.25, 0.3) is 16.4 Å². The van der Waals surface area contributed by atoms with Gasteiger partial charge in [0.2, 0.25) is 0 Å². The number of hydrogen-bond acceptors (Lipinski definition) is 9. The molecule has 27 heavy (non-hydrogen) atoms. The average Bonchev–Trinajstić information content (AvgIpc) is 3.35. The first kappa shape index (κ1) is 17.6. The highest BCUT2D eigenvalue weighted by molar-refractivity contribution is 7.98. The maximum atomic E-state index is 12.0. The molecular weight excluding hydrogens is 388 g/mol. The summed E-state index contributed by atoms with van der Waals surface area (Å²) in [7, 11) is 3.15. The van der Waals surface area contributed by atoms with E-state index >= 15 is 0 Å². The smallest absolute Gasteiger partial charge is 0.277 e. The largest absolute Gasteiger partial charge is 0.497 e. The van der Waals surface area contributed by atoms with Gasteiger partial charge in [-0.1, -0.05) is 11.8 Å². The second kappa shape index (κ2) is 7.41. The first-order valence-electron chi connectivity index (χ1n) is 7.82. The Balaban J connectivity index is 1.53. The van der Waals surface area contributed by atoms with Crippen LogP contribution in [0.3, 0.4) is 0 Å².